The number of piperazine rings is 1. The first-order valence-corrected chi connectivity index (χ1v) is 8.16. The summed E-state index contributed by atoms with van der Waals surface area (Å²) in [4.78, 5) is 4.96. The standard InChI is InChI=1S/C16H23ClN4/c17-12-5-6-15(14(11-12)16(18)19)21-9-7-20(8-10-21)13-3-1-2-4-13/h5-6,11,13H,1-4,7-10H2,(H3,18,19). The second-order valence-corrected chi connectivity index (χ2v) is 6.47. The number of amidine groups is 1. The van der Waals surface area contributed by atoms with E-state index in [1.54, 1.807) is 6.07 Å². The molecule has 2 fully saturated rings. The fourth-order valence-electron chi connectivity index (χ4n) is 3.60. The van der Waals surface area contributed by atoms with Crippen LogP contribution in [0, 0.1) is 5.41 Å². The lowest BCUT2D eigenvalue weighted by Gasteiger charge is -2.39. The van der Waals surface area contributed by atoms with Gasteiger partial charge in [0.05, 0.1) is 0 Å². The Morgan fingerprint density at radius 1 is 1.14 bits per heavy atom. The zero-order valence-electron chi connectivity index (χ0n) is 12.3. The molecule has 1 aliphatic heterocycles. The fourth-order valence-corrected chi connectivity index (χ4v) is 3.77. The van der Waals surface area contributed by atoms with Crippen LogP contribution >= 0.6 is 11.6 Å². The van der Waals surface area contributed by atoms with Crippen molar-refractivity contribution < 1.29 is 0 Å². The second-order valence-electron chi connectivity index (χ2n) is 6.04. The number of nitrogens with one attached hydrogen (secondary N) is 1. The molecule has 0 radical (unpaired) electrons. The minimum Gasteiger partial charge on any atom is -0.384 e. The molecule has 0 atom stereocenters. The molecule has 1 aromatic carbocycles. The van der Waals surface area contributed by atoms with Crippen molar-refractivity contribution in [3.05, 3.63) is 28.8 Å². The van der Waals surface area contributed by atoms with Crippen LogP contribution < -0.4 is 10.6 Å². The average Bonchev–Trinajstić information content (AvgIpc) is 3.01. The summed E-state index contributed by atoms with van der Waals surface area (Å²) in [5.74, 6) is 0.0886. The van der Waals surface area contributed by atoms with E-state index in [1.165, 1.54) is 25.7 Å². The van der Waals surface area contributed by atoms with Gasteiger partial charge in [-0.15, -0.1) is 0 Å². The molecule has 0 unspecified atom stereocenters. The maximum absolute atomic E-state index is 7.75. The maximum atomic E-state index is 7.75. The van der Waals surface area contributed by atoms with E-state index < -0.39 is 0 Å². The van der Waals surface area contributed by atoms with Crippen LogP contribution in [0.2, 0.25) is 5.02 Å². The van der Waals surface area contributed by atoms with Gasteiger partial charge in [-0.05, 0) is 31.0 Å². The molecule has 0 amide bonds. The number of nitrogens with two attached hydrogens (primary N) is 1. The minimum absolute atomic E-state index is 0.0886. The summed E-state index contributed by atoms with van der Waals surface area (Å²) < 4.78 is 0. The number of nitrogen functional groups attached to an aromatic ring is 1. The number of benzene rings is 1. The van der Waals surface area contributed by atoms with Gasteiger partial charge in [-0.2, -0.15) is 0 Å². The van der Waals surface area contributed by atoms with Gasteiger partial charge in [0.15, 0.2) is 0 Å². The lowest BCUT2D eigenvalue weighted by atomic mass is 10.1. The summed E-state index contributed by atoms with van der Waals surface area (Å²) in [6, 6.07) is 6.46. The van der Waals surface area contributed by atoms with Crippen LogP contribution in [0.5, 0.6) is 0 Å². The van der Waals surface area contributed by atoms with E-state index in [0.717, 1.165) is 43.5 Å². The highest BCUT2D eigenvalue weighted by Crippen LogP contribution is 2.28. The molecule has 3 rings (SSSR count). The van der Waals surface area contributed by atoms with Crippen molar-refractivity contribution in [2.45, 2.75) is 31.7 Å². The van der Waals surface area contributed by atoms with Crippen LogP contribution in [0.1, 0.15) is 31.2 Å². The van der Waals surface area contributed by atoms with Crippen LogP contribution in [-0.2, 0) is 0 Å². The highest BCUT2D eigenvalue weighted by molar-refractivity contribution is 6.31. The first-order chi connectivity index (χ1) is 10.1. The van der Waals surface area contributed by atoms with E-state index in [2.05, 4.69) is 9.80 Å². The van der Waals surface area contributed by atoms with Gasteiger partial charge in [0.25, 0.3) is 0 Å². The molecule has 114 valence electrons. The average molecular weight is 307 g/mol. The fraction of sp³-hybridized carbons (Fsp3) is 0.562. The lowest BCUT2D eigenvalue weighted by Crippen LogP contribution is -2.50. The largest absolute Gasteiger partial charge is 0.384 e. The van der Waals surface area contributed by atoms with Crippen molar-refractivity contribution in [3.8, 4) is 0 Å². The molecule has 1 aromatic rings. The third-order valence-electron chi connectivity index (χ3n) is 4.74. The van der Waals surface area contributed by atoms with E-state index in [4.69, 9.17) is 22.7 Å². The van der Waals surface area contributed by atoms with E-state index in [0.29, 0.717) is 5.02 Å². The van der Waals surface area contributed by atoms with Crippen molar-refractivity contribution in [1.29, 1.82) is 5.41 Å². The summed E-state index contributed by atoms with van der Waals surface area (Å²) in [5, 5.41) is 8.38. The van der Waals surface area contributed by atoms with Gasteiger partial charge < -0.3 is 10.6 Å². The number of nitrogens with zero attached hydrogens (tertiary/aromatic N) is 2. The monoisotopic (exact) mass is 306 g/mol. The van der Waals surface area contributed by atoms with Gasteiger partial charge >= 0.3 is 0 Å². The molecule has 1 saturated heterocycles. The Morgan fingerprint density at radius 2 is 1.81 bits per heavy atom. The molecule has 1 heterocycles. The molecule has 4 nitrogen and oxygen atoms in total. The summed E-state index contributed by atoms with van der Waals surface area (Å²) >= 11 is 6.03. The Hall–Kier alpha value is -1.26. The summed E-state index contributed by atoms with van der Waals surface area (Å²) in [6.45, 7) is 4.20. The normalized spacial score (nSPS) is 20.9. The molecule has 5 heteroatoms. The molecule has 21 heavy (non-hydrogen) atoms. The number of anilines is 1. The molecule has 2 aliphatic rings. The van der Waals surface area contributed by atoms with Crippen LogP contribution in [0.25, 0.3) is 0 Å². The Morgan fingerprint density at radius 3 is 2.43 bits per heavy atom. The van der Waals surface area contributed by atoms with E-state index in [-0.39, 0.29) is 5.84 Å². The first-order valence-electron chi connectivity index (χ1n) is 7.78. The highest BCUT2D eigenvalue weighted by Gasteiger charge is 2.27. The maximum Gasteiger partial charge on any atom is 0.124 e. The van der Waals surface area contributed by atoms with E-state index >= 15 is 0 Å². The van der Waals surface area contributed by atoms with Crippen LogP contribution in [0.4, 0.5) is 5.69 Å². The zero-order chi connectivity index (χ0) is 14.8. The number of rotatable bonds is 3. The van der Waals surface area contributed by atoms with Gasteiger partial charge in [0.1, 0.15) is 5.84 Å². The van der Waals surface area contributed by atoms with E-state index in [9.17, 15) is 0 Å². The zero-order valence-corrected chi connectivity index (χ0v) is 13.1. The Bertz CT molecular complexity index is 517. The molecule has 3 N–H and O–H groups in total. The molecular weight excluding hydrogens is 284 g/mol. The molecule has 0 spiro atoms. The predicted molar refractivity (Wildman–Crippen MR) is 88.5 cm³/mol. The molecular formula is C16H23ClN4. The number of hydrogen-bond acceptors (Lipinski definition) is 3. The van der Waals surface area contributed by atoms with Gasteiger partial charge in [0.2, 0.25) is 0 Å². The first kappa shape index (κ1) is 14.7. The van der Waals surface area contributed by atoms with Crippen molar-refractivity contribution >= 4 is 23.1 Å². The quantitative estimate of drug-likeness (QED) is 0.667. The van der Waals surface area contributed by atoms with Gasteiger partial charge in [-0.1, -0.05) is 24.4 Å². The lowest BCUT2D eigenvalue weighted by molar-refractivity contribution is 0.187. The third-order valence-corrected chi connectivity index (χ3v) is 4.98. The Labute approximate surface area is 131 Å². The van der Waals surface area contributed by atoms with E-state index in [1.807, 2.05) is 12.1 Å². The molecule has 1 aliphatic carbocycles. The molecule has 0 bridgehead atoms. The summed E-state index contributed by atoms with van der Waals surface area (Å²) in [7, 11) is 0. The van der Waals surface area contributed by atoms with Crippen molar-refractivity contribution in [3.63, 3.8) is 0 Å². The van der Waals surface area contributed by atoms with Crippen molar-refractivity contribution in [1.82, 2.24) is 4.90 Å². The Kier molecular flexibility index (Phi) is 4.36. The predicted octanol–water partition coefficient (Wildman–Crippen LogP) is 2.69. The minimum atomic E-state index is 0.0886. The number of halogens is 1. The van der Waals surface area contributed by atoms with Crippen molar-refractivity contribution in [2.75, 3.05) is 31.1 Å². The summed E-state index contributed by atoms with van der Waals surface area (Å²) in [6.07, 6.45) is 5.49. The highest BCUT2D eigenvalue weighted by atomic mass is 35.5. The van der Waals surface area contributed by atoms with Gasteiger partial charge in [-0.3, -0.25) is 10.3 Å². The van der Waals surface area contributed by atoms with Crippen LogP contribution in [0.3, 0.4) is 0 Å². The summed E-state index contributed by atoms with van der Waals surface area (Å²) in [5.41, 5.74) is 7.49. The topological polar surface area (TPSA) is 56.4 Å². The van der Waals surface area contributed by atoms with Crippen LogP contribution in [-0.4, -0.2) is 43.0 Å². The Balaban J connectivity index is 1.70. The van der Waals surface area contributed by atoms with Crippen molar-refractivity contribution in [2.24, 2.45) is 5.73 Å². The third kappa shape index (κ3) is 3.16. The molecule has 0 aromatic heterocycles. The van der Waals surface area contributed by atoms with Gasteiger partial charge in [0, 0.05) is 48.5 Å². The van der Waals surface area contributed by atoms with Crippen LogP contribution in [0.15, 0.2) is 18.2 Å². The number of hydrogen-bond donors (Lipinski definition) is 2. The SMILES string of the molecule is N=C(N)c1cc(Cl)ccc1N1CCN(C2CCCC2)CC1. The van der Waals surface area contributed by atoms with Gasteiger partial charge in [-0.25, -0.2) is 0 Å². The smallest absolute Gasteiger partial charge is 0.124 e. The second kappa shape index (κ2) is 6.24. The molecule has 1 saturated carbocycles.